The Balaban J connectivity index is 2.85. The van der Waals surface area contributed by atoms with Gasteiger partial charge in [0.1, 0.15) is 0 Å². The molecular formula is C11H16N2Pd. The van der Waals surface area contributed by atoms with Crippen molar-refractivity contribution in [3.05, 3.63) is 29.6 Å². The predicted octanol–water partition coefficient (Wildman–Crippen LogP) is 2.28. The van der Waals surface area contributed by atoms with Gasteiger partial charge in [-0.15, -0.1) is 0 Å². The van der Waals surface area contributed by atoms with E-state index < -0.39 is 0 Å². The maximum absolute atomic E-state index is 7.30. The van der Waals surface area contributed by atoms with E-state index in [0.29, 0.717) is 18.0 Å². The summed E-state index contributed by atoms with van der Waals surface area (Å²) in [4.78, 5) is 4.29. The molecule has 80 valence electrons. The number of aromatic nitrogens is 1. The summed E-state index contributed by atoms with van der Waals surface area (Å²) in [5, 5.41) is 7.30. The van der Waals surface area contributed by atoms with E-state index in [-0.39, 0.29) is 0 Å². The molecule has 14 heavy (non-hydrogen) atoms. The first-order valence-electron chi connectivity index (χ1n) is 4.55. The minimum atomic E-state index is 0.535. The molecule has 0 saturated heterocycles. The molecular weight excluding hydrogens is 267 g/mol. The molecule has 0 spiro atoms. The Morgan fingerprint density at radius 2 is 2.43 bits per heavy atom. The van der Waals surface area contributed by atoms with E-state index >= 15 is 0 Å². The summed E-state index contributed by atoms with van der Waals surface area (Å²) in [5.41, 5.74) is 3.54. The van der Waals surface area contributed by atoms with Crippen LogP contribution in [0.3, 0.4) is 0 Å². The second-order valence-electron chi connectivity index (χ2n) is 3.18. The van der Waals surface area contributed by atoms with Gasteiger partial charge in [-0.1, -0.05) is 0 Å². The van der Waals surface area contributed by atoms with Crippen LogP contribution in [0, 0.1) is 5.41 Å². The van der Waals surface area contributed by atoms with Crippen LogP contribution < -0.4 is 4.04 Å². The third kappa shape index (κ3) is 2.67. The van der Waals surface area contributed by atoms with Crippen molar-refractivity contribution >= 4 is 10.3 Å². The van der Waals surface area contributed by atoms with Crippen LogP contribution in [0.5, 0.6) is 0 Å². The van der Waals surface area contributed by atoms with Crippen molar-refractivity contribution in [3.63, 3.8) is 0 Å². The molecule has 0 aliphatic carbocycles. The summed E-state index contributed by atoms with van der Waals surface area (Å²) in [6.45, 7) is 8.10. The molecule has 1 aromatic heterocycles. The molecule has 0 atom stereocenters. The summed E-state index contributed by atoms with van der Waals surface area (Å²) in [5.74, 6) is 0. The monoisotopic (exact) mass is 282 g/mol. The van der Waals surface area contributed by atoms with Crippen LogP contribution in [0.2, 0.25) is 4.89 Å². The van der Waals surface area contributed by atoms with Crippen LogP contribution in [0.25, 0.3) is 0 Å². The fourth-order valence-electron chi connectivity index (χ4n) is 1.09. The third-order valence-corrected chi connectivity index (χ3v) is 4.43. The zero-order chi connectivity index (χ0) is 10.6. The number of hydrogen-bond donors (Lipinski definition) is 2. The third-order valence-electron chi connectivity index (χ3n) is 1.75. The van der Waals surface area contributed by atoms with Crippen LogP contribution >= 0.6 is 0 Å². The number of rotatable bonds is 5. The second-order valence-corrected chi connectivity index (χ2v) is 5.06. The van der Waals surface area contributed by atoms with E-state index in [2.05, 4.69) is 25.4 Å². The van der Waals surface area contributed by atoms with Gasteiger partial charge in [0.2, 0.25) is 0 Å². The van der Waals surface area contributed by atoms with Gasteiger partial charge in [-0.2, -0.15) is 0 Å². The number of nitrogens with one attached hydrogen (secondary N) is 2. The standard InChI is InChI=1S/C7H9N2.C4H7.Pd/c1-2-7-3-6(4-8)5-9-7;1-4(2)3;/h4-5,8-9H,2H2,1H3;1-2H2,3H3;. The van der Waals surface area contributed by atoms with E-state index in [1.165, 1.54) is 21.5 Å². The van der Waals surface area contributed by atoms with Gasteiger partial charge in [0.25, 0.3) is 0 Å². The Labute approximate surface area is 93.5 Å². The van der Waals surface area contributed by atoms with E-state index in [0.717, 1.165) is 16.9 Å². The summed E-state index contributed by atoms with van der Waals surface area (Å²) in [7, 11) is 0. The average molecular weight is 283 g/mol. The van der Waals surface area contributed by atoms with Gasteiger partial charge in [0, 0.05) is 0 Å². The maximum atomic E-state index is 7.30. The molecule has 0 amide bonds. The first kappa shape index (κ1) is 11.4. The van der Waals surface area contributed by atoms with E-state index in [4.69, 9.17) is 5.41 Å². The zero-order valence-corrected chi connectivity index (χ0v) is 10.1. The predicted molar refractivity (Wildman–Crippen MR) is 57.3 cm³/mol. The molecule has 0 unspecified atom stereocenters. The van der Waals surface area contributed by atoms with Gasteiger partial charge >= 0.3 is 93.4 Å². The second kappa shape index (κ2) is 5.29. The molecule has 0 aliphatic rings. The average Bonchev–Trinajstić information content (AvgIpc) is 2.56. The first-order chi connectivity index (χ1) is 6.69. The molecule has 1 aromatic rings. The van der Waals surface area contributed by atoms with Gasteiger partial charge < -0.3 is 0 Å². The number of hydrogen-bond acceptors (Lipinski definition) is 1. The van der Waals surface area contributed by atoms with Gasteiger partial charge in [-0.3, -0.25) is 0 Å². The van der Waals surface area contributed by atoms with E-state index in [9.17, 15) is 0 Å². The normalized spacial score (nSPS) is 10.4. The van der Waals surface area contributed by atoms with Gasteiger partial charge in [0.05, 0.1) is 0 Å². The molecule has 3 heteroatoms. The van der Waals surface area contributed by atoms with Crippen LogP contribution in [0.1, 0.15) is 25.1 Å². The Morgan fingerprint density at radius 3 is 2.93 bits per heavy atom. The molecule has 2 nitrogen and oxygen atoms in total. The molecule has 2 N–H and O–H groups in total. The summed E-state index contributed by atoms with van der Waals surface area (Å²) < 4.78 is 1.33. The fourth-order valence-corrected chi connectivity index (χ4v) is 3.09. The zero-order valence-electron chi connectivity index (χ0n) is 8.59. The van der Waals surface area contributed by atoms with Crippen LogP contribution in [0.4, 0.5) is 0 Å². The molecule has 0 aliphatic heterocycles. The molecule has 1 rings (SSSR count). The van der Waals surface area contributed by atoms with Crippen molar-refractivity contribution in [2.45, 2.75) is 25.2 Å². The summed E-state index contributed by atoms with van der Waals surface area (Å²) in [6.07, 6.45) is 4.37. The van der Waals surface area contributed by atoms with Gasteiger partial charge in [0.15, 0.2) is 0 Å². The Bertz CT molecular complexity index is 339. The topological polar surface area (TPSA) is 39.6 Å². The Morgan fingerprint density at radius 1 is 1.71 bits per heavy atom. The number of allylic oxidation sites excluding steroid dienone is 1. The van der Waals surface area contributed by atoms with Crippen molar-refractivity contribution < 1.29 is 18.0 Å². The summed E-state index contributed by atoms with van der Waals surface area (Å²) >= 11 is 0.535. The van der Waals surface area contributed by atoms with Crippen molar-refractivity contribution in [2.24, 2.45) is 0 Å². The SMILES string of the molecule is C=C(C)[CH2][Pd][c]1c(C=N)c[nH]c1CC. The van der Waals surface area contributed by atoms with Crippen molar-refractivity contribution in [3.8, 4) is 0 Å². The molecule has 0 bridgehead atoms. The van der Waals surface area contributed by atoms with Crippen LogP contribution in [0.15, 0.2) is 18.3 Å². The van der Waals surface area contributed by atoms with Crippen molar-refractivity contribution in [1.29, 1.82) is 5.41 Å². The number of aryl methyl sites for hydroxylation is 1. The summed E-state index contributed by atoms with van der Waals surface area (Å²) in [6, 6.07) is 0. The first-order valence-corrected chi connectivity index (χ1v) is 6.43. The van der Waals surface area contributed by atoms with Crippen molar-refractivity contribution in [2.75, 3.05) is 0 Å². The fraction of sp³-hybridized carbons (Fsp3) is 0.364. The quantitative estimate of drug-likeness (QED) is 0.473. The number of aromatic amines is 1. The van der Waals surface area contributed by atoms with Crippen LogP contribution in [-0.2, 0) is 24.4 Å². The molecule has 0 aromatic carbocycles. The molecule has 0 saturated carbocycles. The van der Waals surface area contributed by atoms with E-state index in [1.54, 1.807) is 0 Å². The Hall–Kier alpha value is -0.648. The number of H-pyrrole nitrogens is 1. The Kier molecular flexibility index (Phi) is 4.32. The van der Waals surface area contributed by atoms with Crippen molar-refractivity contribution in [1.82, 2.24) is 4.98 Å². The van der Waals surface area contributed by atoms with Gasteiger partial charge in [-0.25, -0.2) is 0 Å². The van der Waals surface area contributed by atoms with Crippen LogP contribution in [-0.4, -0.2) is 11.2 Å². The molecule has 0 radical (unpaired) electrons. The molecule has 1 heterocycles. The minimum absolute atomic E-state index is 0.535. The van der Waals surface area contributed by atoms with Gasteiger partial charge in [-0.05, 0) is 0 Å². The molecule has 0 fully saturated rings. The van der Waals surface area contributed by atoms with E-state index in [1.807, 2.05) is 6.20 Å².